The summed E-state index contributed by atoms with van der Waals surface area (Å²) in [5.74, 6) is -0.341. The second-order valence-corrected chi connectivity index (χ2v) is 4.83. The number of benzene rings is 1. The van der Waals surface area contributed by atoms with E-state index in [4.69, 9.17) is 0 Å². The van der Waals surface area contributed by atoms with Crippen LogP contribution in [0, 0.1) is 12.7 Å². The third-order valence-electron chi connectivity index (χ3n) is 3.27. The number of fused-ring (bicyclic) bond motifs is 1. The maximum absolute atomic E-state index is 13.4. The highest BCUT2D eigenvalue weighted by atomic mass is 19.1. The Morgan fingerprint density at radius 2 is 1.91 bits per heavy atom. The van der Waals surface area contributed by atoms with E-state index in [1.54, 1.807) is 37.3 Å². The lowest BCUT2D eigenvalue weighted by molar-refractivity contribution is 0.0601. The first-order chi connectivity index (χ1) is 11.1. The van der Waals surface area contributed by atoms with Crippen molar-refractivity contribution in [3.05, 3.63) is 59.7 Å². The SMILES string of the molecule is COC(=O)c1ccc(N=Nc2c(C)nc3ccc(F)cn23)cc1. The number of pyridine rings is 1. The van der Waals surface area contributed by atoms with E-state index in [2.05, 4.69) is 19.9 Å². The molecule has 23 heavy (non-hydrogen) atoms. The Morgan fingerprint density at radius 3 is 2.61 bits per heavy atom. The van der Waals surface area contributed by atoms with Gasteiger partial charge in [-0.15, -0.1) is 10.2 Å². The van der Waals surface area contributed by atoms with Gasteiger partial charge in [-0.25, -0.2) is 14.2 Å². The quantitative estimate of drug-likeness (QED) is 0.542. The van der Waals surface area contributed by atoms with Crippen molar-refractivity contribution in [2.24, 2.45) is 10.2 Å². The van der Waals surface area contributed by atoms with Crippen molar-refractivity contribution < 1.29 is 13.9 Å². The van der Waals surface area contributed by atoms with Crippen LogP contribution < -0.4 is 0 Å². The van der Waals surface area contributed by atoms with Crippen molar-refractivity contribution >= 4 is 23.1 Å². The van der Waals surface area contributed by atoms with Crippen LogP contribution in [0.1, 0.15) is 16.1 Å². The minimum absolute atomic E-state index is 0.381. The molecule has 0 aliphatic rings. The summed E-state index contributed by atoms with van der Waals surface area (Å²) in [6.45, 7) is 1.78. The van der Waals surface area contributed by atoms with Gasteiger partial charge >= 0.3 is 5.97 Å². The van der Waals surface area contributed by atoms with Crippen LogP contribution in [0.15, 0.2) is 52.8 Å². The number of imidazole rings is 1. The largest absolute Gasteiger partial charge is 0.465 e. The molecule has 116 valence electrons. The van der Waals surface area contributed by atoms with Crippen LogP contribution in [0.25, 0.3) is 5.65 Å². The van der Waals surface area contributed by atoms with E-state index in [9.17, 15) is 9.18 Å². The molecule has 1 aromatic carbocycles. The highest BCUT2D eigenvalue weighted by molar-refractivity contribution is 5.89. The Morgan fingerprint density at radius 1 is 1.17 bits per heavy atom. The van der Waals surface area contributed by atoms with E-state index in [1.807, 2.05) is 0 Å². The predicted octanol–water partition coefficient (Wildman–Crippen LogP) is 3.98. The van der Waals surface area contributed by atoms with Crippen LogP contribution in [-0.2, 0) is 4.74 Å². The van der Waals surface area contributed by atoms with E-state index in [0.717, 1.165) is 0 Å². The summed E-state index contributed by atoms with van der Waals surface area (Å²) in [6, 6.07) is 9.41. The van der Waals surface area contributed by atoms with Gasteiger partial charge in [-0.05, 0) is 43.3 Å². The molecule has 7 heteroatoms. The number of carbonyl (C=O) groups is 1. The lowest BCUT2D eigenvalue weighted by Gasteiger charge is -1.99. The summed E-state index contributed by atoms with van der Waals surface area (Å²) in [7, 11) is 1.32. The van der Waals surface area contributed by atoms with Gasteiger partial charge < -0.3 is 4.74 Å². The van der Waals surface area contributed by atoms with Crippen molar-refractivity contribution in [1.82, 2.24) is 9.38 Å². The maximum Gasteiger partial charge on any atom is 0.337 e. The van der Waals surface area contributed by atoms with E-state index in [-0.39, 0.29) is 5.82 Å². The predicted molar refractivity (Wildman–Crippen MR) is 81.8 cm³/mol. The van der Waals surface area contributed by atoms with E-state index >= 15 is 0 Å². The normalized spacial score (nSPS) is 11.3. The van der Waals surface area contributed by atoms with Crippen molar-refractivity contribution in [3.63, 3.8) is 0 Å². The molecule has 0 unspecified atom stereocenters. The van der Waals surface area contributed by atoms with Gasteiger partial charge in [-0.2, -0.15) is 0 Å². The van der Waals surface area contributed by atoms with Gasteiger partial charge in [0.05, 0.1) is 24.1 Å². The number of aromatic nitrogens is 2. The van der Waals surface area contributed by atoms with Gasteiger partial charge in [0.2, 0.25) is 0 Å². The molecule has 3 rings (SSSR count). The minimum Gasteiger partial charge on any atom is -0.465 e. The summed E-state index contributed by atoms with van der Waals surface area (Å²) in [6.07, 6.45) is 1.31. The minimum atomic E-state index is -0.415. The zero-order chi connectivity index (χ0) is 16.4. The maximum atomic E-state index is 13.4. The number of halogens is 1. The molecule has 0 aliphatic carbocycles. The first kappa shape index (κ1) is 14.8. The van der Waals surface area contributed by atoms with Gasteiger partial charge in [0.1, 0.15) is 11.5 Å². The molecule has 0 fully saturated rings. The van der Waals surface area contributed by atoms with Gasteiger partial charge in [0.25, 0.3) is 0 Å². The Balaban J connectivity index is 1.92. The Bertz CT molecular complexity index is 900. The smallest absolute Gasteiger partial charge is 0.337 e. The number of ether oxygens (including phenoxy) is 1. The average Bonchev–Trinajstić information content (AvgIpc) is 2.87. The van der Waals surface area contributed by atoms with E-state index in [1.165, 1.54) is 23.8 Å². The van der Waals surface area contributed by atoms with Crippen LogP contribution in [0.2, 0.25) is 0 Å². The van der Waals surface area contributed by atoms with Gasteiger partial charge in [0.15, 0.2) is 5.82 Å². The zero-order valence-corrected chi connectivity index (χ0v) is 12.5. The van der Waals surface area contributed by atoms with Crippen molar-refractivity contribution in [2.75, 3.05) is 7.11 Å². The second-order valence-electron chi connectivity index (χ2n) is 4.83. The Labute approximate surface area is 131 Å². The fourth-order valence-electron chi connectivity index (χ4n) is 2.13. The van der Waals surface area contributed by atoms with Gasteiger partial charge in [-0.3, -0.25) is 4.40 Å². The molecule has 0 saturated heterocycles. The first-order valence-electron chi connectivity index (χ1n) is 6.83. The summed E-state index contributed by atoms with van der Waals surface area (Å²) < 4.78 is 19.5. The number of rotatable bonds is 3. The molecule has 2 aromatic heterocycles. The number of azo groups is 1. The summed E-state index contributed by atoms with van der Waals surface area (Å²) in [5, 5.41) is 8.25. The van der Waals surface area contributed by atoms with Gasteiger partial charge in [0, 0.05) is 6.20 Å². The zero-order valence-electron chi connectivity index (χ0n) is 12.5. The van der Waals surface area contributed by atoms with Crippen LogP contribution in [0.5, 0.6) is 0 Å². The van der Waals surface area contributed by atoms with Crippen molar-refractivity contribution in [1.29, 1.82) is 0 Å². The third-order valence-corrected chi connectivity index (χ3v) is 3.27. The first-order valence-corrected chi connectivity index (χ1v) is 6.83. The molecule has 0 N–H and O–H groups in total. The van der Waals surface area contributed by atoms with Gasteiger partial charge in [-0.1, -0.05) is 0 Å². The number of nitrogens with zero attached hydrogens (tertiary/aromatic N) is 4. The fraction of sp³-hybridized carbons (Fsp3) is 0.125. The average molecular weight is 312 g/mol. The second kappa shape index (κ2) is 5.96. The molecular formula is C16H13FN4O2. The summed E-state index contributed by atoms with van der Waals surface area (Å²) >= 11 is 0. The number of aryl methyl sites for hydroxylation is 1. The number of hydrogen-bond acceptors (Lipinski definition) is 5. The lowest BCUT2D eigenvalue weighted by Crippen LogP contribution is -1.99. The van der Waals surface area contributed by atoms with Crippen LogP contribution in [0.4, 0.5) is 15.9 Å². The number of esters is 1. The highest BCUT2D eigenvalue weighted by Gasteiger charge is 2.09. The van der Waals surface area contributed by atoms with Crippen LogP contribution >= 0.6 is 0 Å². The molecule has 0 amide bonds. The molecule has 2 heterocycles. The molecular weight excluding hydrogens is 299 g/mol. The van der Waals surface area contributed by atoms with Crippen molar-refractivity contribution in [3.8, 4) is 0 Å². The lowest BCUT2D eigenvalue weighted by atomic mass is 10.2. The number of carbonyl (C=O) groups excluding carboxylic acids is 1. The topological polar surface area (TPSA) is 68.3 Å². The fourth-order valence-corrected chi connectivity index (χ4v) is 2.13. The third kappa shape index (κ3) is 2.94. The Kier molecular flexibility index (Phi) is 3.84. The van der Waals surface area contributed by atoms with E-state index < -0.39 is 5.97 Å². The molecule has 0 aliphatic heterocycles. The molecule has 0 spiro atoms. The molecule has 3 aromatic rings. The molecule has 0 atom stereocenters. The highest BCUT2D eigenvalue weighted by Crippen LogP contribution is 2.24. The van der Waals surface area contributed by atoms with Crippen LogP contribution in [0.3, 0.4) is 0 Å². The molecule has 6 nitrogen and oxygen atoms in total. The summed E-state index contributed by atoms with van der Waals surface area (Å²) in [4.78, 5) is 15.7. The van der Waals surface area contributed by atoms with Crippen molar-refractivity contribution in [2.45, 2.75) is 6.92 Å². The Hall–Kier alpha value is -3.09. The molecule has 0 bridgehead atoms. The standard InChI is InChI=1S/C16H13FN4O2/c1-10-15(21-9-12(17)5-8-14(21)18-10)20-19-13-6-3-11(4-7-13)16(22)23-2/h3-9H,1-2H3. The molecule has 0 saturated carbocycles. The van der Waals surface area contributed by atoms with E-state index in [0.29, 0.717) is 28.4 Å². The molecule has 0 radical (unpaired) electrons. The number of hydrogen-bond donors (Lipinski definition) is 0. The monoisotopic (exact) mass is 312 g/mol. The number of methoxy groups -OCH3 is 1. The summed E-state index contributed by atoms with van der Waals surface area (Å²) in [5.41, 5.74) is 2.23. The van der Waals surface area contributed by atoms with Crippen LogP contribution in [-0.4, -0.2) is 22.5 Å².